The quantitative estimate of drug-likeness (QED) is 0.377. The van der Waals surface area contributed by atoms with Crippen LogP contribution in [0.1, 0.15) is 43.1 Å². The molecule has 0 aliphatic rings. The largest absolute Gasteiger partial charge is 0.462 e. The number of aromatic nitrogens is 2. The Hall–Kier alpha value is -2.61. The van der Waals surface area contributed by atoms with Crippen molar-refractivity contribution >= 4 is 29.5 Å². The van der Waals surface area contributed by atoms with E-state index >= 15 is 0 Å². The highest BCUT2D eigenvalue weighted by molar-refractivity contribution is 8.00. The summed E-state index contributed by atoms with van der Waals surface area (Å²) >= 11 is 1.19. The molecule has 0 spiro atoms. The summed E-state index contributed by atoms with van der Waals surface area (Å²) in [6, 6.07) is 10.2. The van der Waals surface area contributed by atoms with Gasteiger partial charge in [0.25, 0.3) is 0 Å². The maximum Gasteiger partial charge on any atom is 0.343 e. The molecule has 0 radical (unpaired) electrons. The maximum atomic E-state index is 12.4. The highest BCUT2D eigenvalue weighted by Crippen LogP contribution is 2.22. The number of benzene rings is 1. The Bertz CT molecular complexity index is 801. The van der Waals surface area contributed by atoms with Crippen molar-refractivity contribution in [2.75, 3.05) is 12.3 Å². The Morgan fingerprint density at radius 2 is 1.96 bits per heavy atom. The third kappa shape index (κ3) is 6.53. The van der Waals surface area contributed by atoms with Crippen LogP contribution in [0, 0.1) is 0 Å². The molecular weight excluding hydrogens is 376 g/mol. The van der Waals surface area contributed by atoms with E-state index in [4.69, 9.17) is 10.5 Å². The SMILES string of the molecule is CCOC(=O)c1cnc(SC(C)C(=O)NC(C)CCc2ccccc2)nc1N. The number of carbonyl (C=O) groups excluding carboxylic acids is 2. The zero-order valence-corrected chi connectivity index (χ0v) is 17.2. The number of ether oxygens (including phenoxy) is 1. The van der Waals surface area contributed by atoms with Crippen LogP contribution in [0.5, 0.6) is 0 Å². The van der Waals surface area contributed by atoms with Gasteiger partial charge in [0.05, 0.1) is 11.9 Å². The molecule has 8 heteroatoms. The van der Waals surface area contributed by atoms with Crippen LogP contribution < -0.4 is 11.1 Å². The molecule has 0 aliphatic carbocycles. The lowest BCUT2D eigenvalue weighted by Crippen LogP contribution is -2.38. The van der Waals surface area contributed by atoms with Crippen LogP contribution in [0.2, 0.25) is 0 Å². The highest BCUT2D eigenvalue weighted by atomic mass is 32.2. The van der Waals surface area contributed by atoms with Gasteiger partial charge < -0.3 is 15.8 Å². The molecule has 0 saturated heterocycles. The molecule has 0 bridgehead atoms. The first-order chi connectivity index (χ1) is 13.4. The normalized spacial score (nSPS) is 12.8. The second kappa shape index (κ2) is 10.7. The molecular formula is C20H26N4O3S. The van der Waals surface area contributed by atoms with E-state index in [0.29, 0.717) is 5.16 Å². The lowest BCUT2D eigenvalue weighted by Gasteiger charge is -2.17. The molecule has 2 atom stereocenters. The van der Waals surface area contributed by atoms with Gasteiger partial charge in [0.1, 0.15) is 11.4 Å². The van der Waals surface area contributed by atoms with Crippen LogP contribution in [0.15, 0.2) is 41.7 Å². The fourth-order valence-electron chi connectivity index (χ4n) is 2.47. The first-order valence-corrected chi connectivity index (χ1v) is 10.1. The molecule has 2 rings (SSSR count). The van der Waals surface area contributed by atoms with Crippen molar-refractivity contribution in [3.8, 4) is 0 Å². The lowest BCUT2D eigenvalue weighted by molar-refractivity contribution is -0.120. The van der Waals surface area contributed by atoms with Gasteiger partial charge in [-0.05, 0) is 39.2 Å². The number of thioether (sulfide) groups is 1. The van der Waals surface area contributed by atoms with Gasteiger partial charge in [0.2, 0.25) is 5.91 Å². The number of amides is 1. The summed E-state index contributed by atoms with van der Waals surface area (Å²) in [5.74, 6) is -0.614. The van der Waals surface area contributed by atoms with Crippen LogP contribution in [0.4, 0.5) is 5.82 Å². The monoisotopic (exact) mass is 402 g/mol. The van der Waals surface area contributed by atoms with E-state index in [2.05, 4.69) is 27.4 Å². The summed E-state index contributed by atoms with van der Waals surface area (Å²) < 4.78 is 4.90. The molecule has 150 valence electrons. The van der Waals surface area contributed by atoms with Crippen LogP contribution >= 0.6 is 11.8 Å². The smallest absolute Gasteiger partial charge is 0.343 e. The van der Waals surface area contributed by atoms with Crippen LogP contribution in [-0.4, -0.2) is 39.7 Å². The van der Waals surface area contributed by atoms with Gasteiger partial charge in [-0.2, -0.15) is 0 Å². The highest BCUT2D eigenvalue weighted by Gasteiger charge is 2.20. The zero-order valence-electron chi connectivity index (χ0n) is 16.3. The topological polar surface area (TPSA) is 107 Å². The average Bonchev–Trinajstić information content (AvgIpc) is 2.67. The van der Waals surface area contributed by atoms with Crippen LogP contribution in [0.3, 0.4) is 0 Å². The van der Waals surface area contributed by atoms with E-state index < -0.39 is 11.2 Å². The molecule has 1 amide bonds. The minimum Gasteiger partial charge on any atom is -0.462 e. The summed E-state index contributed by atoms with van der Waals surface area (Å²) in [6.45, 7) is 5.72. The van der Waals surface area contributed by atoms with Crippen molar-refractivity contribution in [3.63, 3.8) is 0 Å². The number of aryl methyl sites for hydroxylation is 1. The molecule has 2 unspecified atom stereocenters. The Balaban J connectivity index is 1.86. The first-order valence-electron chi connectivity index (χ1n) is 9.21. The van der Waals surface area contributed by atoms with Crippen molar-refractivity contribution in [2.45, 2.75) is 50.1 Å². The van der Waals surface area contributed by atoms with E-state index in [1.54, 1.807) is 13.8 Å². The van der Waals surface area contributed by atoms with Gasteiger partial charge in [-0.1, -0.05) is 42.1 Å². The van der Waals surface area contributed by atoms with Crippen molar-refractivity contribution in [1.29, 1.82) is 0 Å². The number of carbonyl (C=O) groups is 2. The van der Waals surface area contributed by atoms with Crippen molar-refractivity contribution in [3.05, 3.63) is 47.7 Å². The zero-order chi connectivity index (χ0) is 20.5. The summed E-state index contributed by atoms with van der Waals surface area (Å²) in [5, 5.41) is 2.95. The second-order valence-corrected chi connectivity index (χ2v) is 7.67. The number of nitrogens with two attached hydrogens (primary N) is 1. The molecule has 7 nitrogen and oxygen atoms in total. The summed E-state index contributed by atoms with van der Waals surface area (Å²) in [7, 11) is 0. The maximum absolute atomic E-state index is 12.4. The summed E-state index contributed by atoms with van der Waals surface area (Å²) in [6.07, 6.45) is 3.08. The summed E-state index contributed by atoms with van der Waals surface area (Å²) in [5.41, 5.74) is 7.18. The predicted molar refractivity (Wildman–Crippen MR) is 110 cm³/mol. The predicted octanol–water partition coefficient (Wildman–Crippen LogP) is 2.85. The number of nitrogens with zero attached hydrogens (tertiary/aromatic N) is 2. The molecule has 3 N–H and O–H groups in total. The minimum absolute atomic E-state index is 0.0415. The van der Waals surface area contributed by atoms with Crippen molar-refractivity contribution in [1.82, 2.24) is 15.3 Å². The minimum atomic E-state index is -0.561. The number of nitrogen functional groups attached to an aromatic ring is 1. The second-order valence-electron chi connectivity index (χ2n) is 6.37. The molecule has 0 saturated carbocycles. The number of anilines is 1. The average molecular weight is 403 g/mol. The third-order valence-corrected chi connectivity index (χ3v) is 5.02. The van der Waals surface area contributed by atoms with Gasteiger partial charge in [-0.25, -0.2) is 14.8 Å². The van der Waals surface area contributed by atoms with Gasteiger partial charge in [-0.3, -0.25) is 4.79 Å². The Kier molecular flexibility index (Phi) is 8.25. The van der Waals surface area contributed by atoms with Gasteiger partial charge in [0.15, 0.2) is 5.16 Å². The van der Waals surface area contributed by atoms with Gasteiger partial charge >= 0.3 is 5.97 Å². The van der Waals surface area contributed by atoms with E-state index in [1.165, 1.54) is 23.5 Å². The molecule has 0 aliphatic heterocycles. The molecule has 1 aromatic heterocycles. The molecule has 1 heterocycles. The fourth-order valence-corrected chi connectivity index (χ4v) is 3.23. The molecule has 1 aromatic carbocycles. The lowest BCUT2D eigenvalue weighted by atomic mass is 10.1. The number of hydrogen-bond donors (Lipinski definition) is 2. The summed E-state index contributed by atoms with van der Waals surface area (Å²) in [4.78, 5) is 32.4. The third-order valence-electron chi connectivity index (χ3n) is 4.04. The Labute approximate surface area is 169 Å². The van der Waals surface area contributed by atoms with E-state index in [-0.39, 0.29) is 29.9 Å². The van der Waals surface area contributed by atoms with Crippen LogP contribution in [-0.2, 0) is 16.0 Å². The van der Waals surface area contributed by atoms with Crippen LogP contribution in [0.25, 0.3) is 0 Å². The Morgan fingerprint density at radius 1 is 1.25 bits per heavy atom. The fraction of sp³-hybridized carbons (Fsp3) is 0.400. The van der Waals surface area contributed by atoms with Crippen molar-refractivity contribution in [2.24, 2.45) is 0 Å². The molecule has 0 fully saturated rings. The number of rotatable bonds is 9. The number of esters is 1. The standard InChI is InChI=1S/C20H26N4O3S/c1-4-27-19(26)16-12-22-20(24-17(16)21)28-14(3)18(25)23-13(2)10-11-15-8-6-5-7-9-15/h5-9,12-14H,4,10-11H2,1-3H3,(H,23,25)(H2,21,22,24). The molecule has 2 aromatic rings. The van der Waals surface area contributed by atoms with Gasteiger partial charge in [0, 0.05) is 12.2 Å². The van der Waals surface area contributed by atoms with Crippen molar-refractivity contribution < 1.29 is 14.3 Å². The first kappa shape index (κ1) is 21.7. The number of nitrogens with one attached hydrogen (secondary N) is 1. The number of hydrogen-bond acceptors (Lipinski definition) is 7. The van der Waals surface area contributed by atoms with Gasteiger partial charge in [-0.15, -0.1) is 0 Å². The van der Waals surface area contributed by atoms with E-state index in [0.717, 1.165) is 12.8 Å². The van der Waals surface area contributed by atoms with E-state index in [1.807, 2.05) is 25.1 Å². The Morgan fingerprint density at radius 3 is 2.61 bits per heavy atom. The van der Waals surface area contributed by atoms with E-state index in [9.17, 15) is 9.59 Å². The molecule has 28 heavy (non-hydrogen) atoms.